The lowest BCUT2D eigenvalue weighted by Gasteiger charge is -2.43. The zero-order valence-electron chi connectivity index (χ0n) is 22.6. The van der Waals surface area contributed by atoms with Crippen LogP contribution in [0.3, 0.4) is 0 Å². The van der Waals surface area contributed by atoms with Crippen molar-refractivity contribution in [3.8, 4) is 5.75 Å². The zero-order valence-corrected chi connectivity index (χ0v) is 22.6. The minimum Gasteiger partial charge on any atom is -0.508 e. The molecule has 0 bridgehead atoms. The maximum absolute atomic E-state index is 13.9. The summed E-state index contributed by atoms with van der Waals surface area (Å²) in [7, 11) is 0. The molecule has 0 fully saturated rings. The van der Waals surface area contributed by atoms with Gasteiger partial charge in [-0.15, -0.1) is 0 Å². The highest BCUT2D eigenvalue weighted by Gasteiger charge is 2.40. The molecule has 1 unspecified atom stereocenters. The predicted octanol–water partition coefficient (Wildman–Crippen LogP) is 5.23. The van der Waals surface area contributed by atoms with Crippen molar-refractivity contribution in [2.45, 2.75) is 79.0 Å². The Morgan fingerprint density at radius 3 is 2.03 bits per heavy atom. The van der Waals surface area contributed by atoms with Crippen LogP contribution in [-0.2, 0) is 14.3 Å². The van der Waals surface area contributed by atoms with Gasteiger partial charge in [0, 0.05) is 11.2 Å². The van der Waals surface area contributed by atoms with Gasteiger partial charge >= 0.3 is 6.09 Å². The first kappa shape index (κ1) is 28.7. The van der Waals surface area contributed by atoms with Crippen LogP contribution < -0.4 is 10.6 Å². The first-order chi connectivity index (χ1) is 16.7. The molecule has 0 aliphatic heterocycles. The molecule has 36 heavy (non-hydrogen) atoms. The fraction of sp³-hybridized carbons (Fsp3) is 0.464. The van der Waals surface area contributed by atoms with Crippen LogP contribution in [0.25, 0.3) is 0 Å². The number of ether oxygens (including phenoxy) is 1. The van der Waals surface area contributed by atoms with Gasteiger partial charge in [0.2, 0.25) is 5.91 Å². The smallest absolute Gasteiger partial charge is 0.408 e. The molecule has 0 saturated heterocycles. The molecular weight excluding hydrogens is 458 g/mol. The SMILES string of the molecule is CCC(C)(C)N(C(=O)CNC(=O)OC(C)(C)C)C(C(=O)Nc1c(C)cccc1C)c1ccc(O)cc1. The quantitative estimate of drug-likeness (QED) is 0.463. The van der Waals surface area contributed by atoms with Gasteiger partial charge in [0.05, 0.1) is 0 Å². The third-order valence-electron chi connectivity index (χ3n) is 6.01. The lowest BCUT2D eigenvalue weighted by Crippen LogP contribution is -2.55. The molecule has 3 N–H and O–H groups in total. The summed E-state index contributed by atoms with van der Waals surface area (Å²) in [5.74, 6) is -0.792. The Bertz CT molecular complexity index is 1070. The summed E-state index contributed by atoms with van der Waals surface area (Å²) in [5, 5.41) is 15.4. The third-order valence-corrected chi connectivity index (χ3v) is 6.01. The number of aryl methyl sites for hydroxylation is 2. The number of phenolic OH excluding ortho intramolecular Hbond substituents is 1. The Labute approximate surface area is 214 Å². The highest BCUT2D eigenvalue weighted by atomic mass is 16.6. The van der Waals surface area contributed by atoms with Gasteiger partial charge in [0.15, 0.2) is 0 Å². The van der Waals surface area contributed by atoms with Gasteiger partial charge in [-0.25, -0.2) is 4.79 Å². The summed E-state index contributed by atoms with van der Waals surface area (Å²) < 4.78 is 5.26. The second-order valence-corrected chi connectivity index (χ2v) is 10.5. The number of amides is 3. The highest BCUT2D eigenvalue weighted by Crippen LogP contribution is 2.33. The number of benzene rings is 2. The van der Waals surface area contributed by atoms with E-state index in [0.29, 0.717) is 17.7 Å². The Morgan fingerprint density at radius 1 is 0.972 bits per heavy atom. The van der Waals surface area contributed by atoms with Gasteiger partial charge in [-0.2, -0.15) is 0 Å². The molecule has 0 saturated carbocycles. The number of alkyl carbamates (subject to hydrolysis) is 1. The molecular formula is C28H39N3O5. The van der Waals surface area contributed by atoms with E-state index < -0.39 is 35.1 Å². The van der Waals surface area contributed by atoms with E-state index in [1.54, 1.807) is 32.9 Å². The number of hydrogen-bond acceptors (Lipinski definition) is 5. The summed E-state index contributed by atoms with van der Waals surface area (Å²) in [4.78, 5) is 41.2. The first-order valence-electron chi connectivity index (χ1n) is 12.1. The minimum absolute atomic E-state index is 0.0480. The van der Waals surface area contributed by atoms with Gasteiger partial charge in [0.25, 0.3) is 5.91 Å². The zero-order chi connectivity index (χ0) is 27.3. The molecule has 2 rings (SSSR count). The molecule has 196 valence electrons. The number of anilines is 1. The number of carbonyl (C=O) groups is 3. The molecule has 8 heteroatoms. The van der Waals surface area contributed by atoms with Crippen molar-refractivity contribution in [2.24, 2.45) is 0 Å². The Kier molecular flexibility index (Phi) is 9.13. The monoisotopic (exact) mass is 497 g/mol. The van der Waals surface area contributed by atoms with E-state index in [0.717, 1.165) is 11.1 Å². The van der Waals surface area contributed by atoms with Crippen LogP contribution in [0.1, 0.15) is 70.7 Å². The maximum Gasteiger partial charge on any atom is 0.408 e. The van der Waals surface area contributed by atoms with E-state index in [1.165, 1.54) is 17.0 Å². The van der Waals surface area contributed by atoms with Crippen molar-refractivity contribution in [2.75, 3.05) is 11.9 Å². The van der Waals surface area contributed by atoms with Gasteiger partial charge in [-0.1, -0.05) is 37.3 Å². The average molecular weight is 498 g/mol. The number of hydrogen-bond donors (Lipinski definition) is 3. The molecule has 0 radical (unpaired) electrons. The van der Waals surface area contributed by atoms with Crippen LogP contribution in [-0.4, -0.2) is 45.6 Å². The molecule has 3 amide bonds. The largest absolute Gasteiger partial charge is 0.508 e. The number of aromatic hydroxyl groups is 1. The van der Waals surface area contributed by atoms with Crippen LogP contribution in [0.5, 0.6) is 5.75 Å². The van der Waals surface area contributed by atoms with Gasteiger partial charge < -0.3 is 25.4 Å². The van der Waals surface area contributed by atoms with E-state index in [1.807, 2.05) is 52.8 Å². The minimum atomic E-state index is -1.02. The number of para-hydroxylation sites is 1. The van der Waals surface area contributed by atoms with Crippen LogP contribution in [0.2, 0.25) is 0 Å². The van der Waals surface area contributed by atoms with Crippen molar-refractivity contribution < 1.29 is 24.2 Å². The number of rotatable bonds is 8. The topological polar surface area (TPSA) is 108 Å². The molecule has 8 nitrogen and oxygen atoms in total. The van der Waals surface area contributed by atoms with Crippen molar-refractivity contribution in [1.82, 2.24) is 10.2 Å². The number of nitrogens with one attached hydrogen (secondary N) is 2. The summed E-state index contributed by atoms with van der Waals surface area (Å²) in [6.07, 6.45) is -0.164. The maximum atomic E-state index is 13.9. The molecule has 0 aliphatic rings. The lowest BCUT2D eigenvalue weighted by molar-refractivity contribution is -0.145. The summed E-state index contributed by atoms with van der Waals surface area (Å²) in [5.41, 5.74) is 1.55. The van der Waals surface area contributed by atoms with Gasteiger partial charge in [-0.3, -0.25) is 9.59 Å². The summed E-state index contributed by atoms with van der Waals surface area (Å²) in [6, 6.07) is 10.9. The highest BCUT2D eigenvalue weighted by molar-refractivity contribution is 5.99. The standard InChI is InChI=1S/C28H39N3O5/c1-9-28(7,8)31(22(33)17-29-26(35)36-27(4,5)6)24(20-13-15-21(32)16-14-20)25(34)30-23-18(2)11-10-12-19(23)3/h10-16,24,32H,9,17H2,1-8H3,(H,29,35)(H,30,34). The van der Waals surface area contributed by atoms with E-state index in [2.05, 4.69) is 10.6 Å². The van der Waals surface area contributed by atoms with Crippen molar-refractivity contribution in [3.63, 3.8) is 0 Å². The Balaban J connectivity index is 2.50. The molecule has 0 aliphatic carbocycles. The second kappa shape index (κ2) is 11.5. The van der Waals surface area contributed by atoms with Gasteiger partial charge in [-0.05, 0) is 83.7 Å². The number of nitrogens with zero attached hydrogens (tertiary/aromatic N) is 1. The van der Waals surface area contributed by atoms with Crippen molar-refractivity contribution in [1.29, 1.82) is 0 Å². The average Bonchev–Trinajstić information content (AvgIpc) is 2.77. The lowest BCUT2D eigenvalue weighted by atomic mass is 9.92. The van der Waals surface area contributed by atoms with E-state index in [9.17, 15) is 19.5 Å². The molecule has 2 aromatic rings. The molecule has 0 aromatic heterocycles. The van der Waals surface area contributed by atoms with Crippen LogP contribution >= 0.6 is 0 Å². The van der Waals surface area contributed by atoms with E-state index in [4.69, 9.17) is 4.74 Å². The Hall–Kier alpha value is -3.55. The molecule has 2 aromatic carbocycles. The van der Waals surface area contributed by atoms with Crippen LogP contribution in [0, 0.1) is 13.8 Å². The molecule has 0 heterocycles. The third kappa shape index (κ3) is 7.47. The van der Waals surface area contributed by atoms with Crippen molar-refractivity contribution in [3.05, 3.63) is 59.2 Å². The molecule has 0 spiro atoms. The van der Waals surface area contributed by atoms with E-state index >= 15 is 0 Å². The number of phenols is 1. The van der Waals surface area contributed by atoms with Gasteiger partial charge in [0.1, 0.15) is 23.9 Å². The summed E-state index contributed by atoms with van der Waals surface area (Å²) in [6.45, 7) is 14.3. The Morgan fingerprint density at radius 2 is 1.53 bits per heavy atom. The number of carbonyl (C=O) groups excluding carboxylic acids is 3. The predicted molar refractivity (Wildman–Crippen MR) is 141 cm³/mol. The van der Waals surface area contributed by atoms with Crippen LogP contribution in [0.15, 0.2) is 42.5 Å². The fourth-order valence-electron chi connectivity index (χ4n) is 3.83. The van der Waals surface area contributed by atoms with E-state index in [-0.39, 0.29) is 12.3 Å². The van der Waals surface area contributed by atoms with Crippen LogP contribution in [0.4, 0.5) is 10.5 Å². The second-order valence-electron chi connectivity index (χ2n) is 10.5. The normalized spacial score (nSPS) is 12.4. The molecule has 1 atom stereocenters. The van der Waals surface area contributed by atoms with Crippen molar-refractivity contribution >= 4 is 23.6 Å². The fourth-order valence-corrected chi connectivity index (χ4v) is 3.83. The summed E-state index contributed by atoms with van der Waals surface area (Å²) >= 11 is 0. The first-order valence-corrected chi connectivity index (χ1v) is 12.1.